The SMILES string of the molecule is Cc1cc(-c2ccc3c(n2)N(C(=O)Nc2cc(-c4cnco4)ccn2)[C@H](C)CCN3C)ccn1. The largest absolute Gasteiger partial charge is 0.444 e. The number of anilines is 3. The van der Waals surface area contributed by atoms with Crippen LogP contribution in [0, 0.1) is 6.92 Å². The van der Waals surface area contributed by atoms with E-state index in [2.05, 4.69) is 25.2 Å². The molecule has 1 atom stereocenters. The number of nitrogens with one attached hydrogen (secondary N) is 1. The zero-order chi connectivity index (χ0) is 23.7. The predicted octanol–water partition coefficient (Wildman–Crippen LogP) is 4.77. The molecule has 1 aliphatic rings. The molecular formula is C25H25N7O2. The molecule has 5 rings (SSSR count). The fourth-order valence-corrected chi connectivity index (χ4v) is 4.10. The number of hydrogen-bond acceptors (Lipinski definition) is 7. The summed E-state index contributed by atoms with van der Waals surface area (Å²) in [5.74, 6) is 1.64. The second-order valence-corrected chi connectivity index (χ2v) is 8.38. The van der Waals surface area contributed by atoms with E-state index in [1.807, 2.05) is 45.2 Å². The van der Waals surface area contributed by atoms with E-state index < -0.39 is 0 Å². The summed E-state index contributed by atoms with van der Waals surface area (Å²) in [5.41, 5.74) is 4.33. The van der Waals surface area contributed by atoms with E-state index in [0.29, 0.717) is 17.4 Å². The van der Waals surface area contributed by atoms with Crippen LogP contribution in [-0.2, 0) is 0 Å². The van der Waals surface area contributed by atoms with Gasteiger partial charge in [-0.1, -0.05) is 0 Å². The smallest absolute Gasteiger partial charge is 0.328 e. The van der Waals surface area contributed by atoms with E-state index in [1.165, 1.54) is 6.39 Å². The van der Waals surface area contributed by atoms with Crippen molar-refractivity contribution < 1.29 is 9.21 Å². The number of nitrogens with zero attached hydrogens (tertiary/aromatic N) is 6. The van der Waals surface area contributed by atoms with Crippen molar-refractivity contribution in [2.45, 2.75) is 26.3 Å². The summed E-state index contributed by atoms with van der Waals surface area (Å²) < 4.78 is 5.37. The lowest BCUT2D eigenvalue weighted by Gasteiger charge is -2.28. The molecule has 9 nitrogen and oxygen atoms in total. The first-order chi connectivity index (χ1) is 16.5. The number of fused-ring (bicyclic) bond motifs is 1. The molecule has 0 saturated heterocycles. The van der Waals surface area contributed by atoms with E-state index >= 15 is 0 Å². The third-order valence-corrected chi connectivity index (χ3v) is 5.94. The highest BCUT2D eigenvalue weighted by Crippen LogP contribution is 2.35. The number of urea groups is 1. The molecule has 0 spiro atoms. The van der Waals surface area contributed by atoms with Crippen LogP contribution in [0.3, 0.4) is 0 Å². The van der Waals surface area contributed by atoms with Gasteiger partial charge in [-0.2, -0.15) is 0 Å². The highest BCUT2D eigenvalue weighted by molar-refractivity contribution is 6.03. The summed E-state index contributed by atoms with van der Waals surface area (Å²) in [6.07, 6.45) is 7.19. The fourth-order valence-electron chi connectivity index (χ4n) is 4.10. The maximum Gasteiger partial charge on any atom is 0.328 e. The second kappa shape index (κ2) is 8.93. The molecule has 2 amide bonds. The van der Waals surface area contributed by atoms with Gasteiger partial charge in [-0.25, -0.2) is 19.7 Å². The van der Waals surface area contributed by atoms with Crippen LogP contribution in [0.15, 0.2) is 65.8 Å². The Morgan fingerprint density at radius 1 is 1.12 bits per heavy atom. The van der Waals surface area contributed by atoms with Crippen LogP contribution in [0.1, 0.15) is 19.0 Å². The molecule has 1 N–H and O–H groups in total. The van der Waals surface area contributed by atoms with Gasteiger partial charge in [0.15, 0.2) is 18.0 Å². The van der Waals surface area contributed by atoms with Crippen molar-refractivity contribution in [1.82, 2.24) is 19.9 Å². The highest BCUT2D eigenvalue weighted by Gasteiger charge is 2.30. The first-order valence-corrected chi connectivity index (χ1v) is 11.1. The molecule has 0 fully saturated rings. The van der Waals surface area contributed by atoms with Gasteiger partial charge in [0.05, 0.1) is 17.6 Å². The Labute approximate surface area is 197 Å². The summed E-state index contributed by atoms with van der Waals surface area (Å²) >= 11 is 0. The van der Waals surface area contributed by atoms with Gasteiger partial charge in [-0.05, 0) is 56.7 Å². The molecule has 0 aliphatic carbocycles. The van der Waals surface area contributed by atoms with Gasteiger partial charge < -0.3 is 9.32 Å². The first kappa shape index (κ1) is 21.6. The minimum absolute atomic E-state index is 0.0666. The minimum Gasteiger partial charge on any atom is -0.444 e. The average Bonchev–Trinajstić information content (AvgIpc) is 3.34. The first-order valence-electron chi connectivity index (χ1n) is 11.1. The monoisotopic (exact) mass is 455 g/mol. The number of hydrogen-bond donors (Lipinski definition) is 1. The summed E-state index contributed by atoms with van der Waals surface area (Å²) in [5, 5.41) is 2.94. The molecule has 34 heavy (non-hydrogen) atoms. The van der Waals surface area contributed by atoms with Crippen LogP contribution in [0.2, 0.25) is 0 Å². The number of aromatic nitrogens is 4. The van der Waals surface area contributed by atoms with E-state index in [9.17, 15) is 4.79 Å². The van der Waals surface area contributed by atoms with Crippen molar-refractivity contribution in [3.63, 3.8) is 0 Å². The van der Waals surface area contributed by atoms with Gasteiger partial charge in [0.25, 0.3) is 0 Å². The Hall–Kier alpha value is -4.27. The quantitative estimate of drug-likeness (QED) is 0.475. The molecule has 0 aromatic carbocycles. The van der Waals surface area contributed by atoms with Gasteiger partial charge in [0, 0.05) is 48.8 Å². The Bertz CT molecular complexity index is 1320. The third-order valence-electron chi connectivity index (χ3n) is 5.94. The van der Waals surface area contributed by atoms with Crippen LogP contribution in [0.4, 0.5) is 22.1 Å². The van der Waals surface area contributed by atoms with Gasteiger partial charge in [-0.15, -0.1) is 0 Å². The van der Waals surface area contributed by atoms with E-state index in [1.54, 1.807) is 35.6 Å². The number of pyridine rings is 3. The van der Waals surface area contributed by atoms with Crippen molar-refractivity contribution in [3.05, 3.63) is 67.1 Å². The van der Waals surface area contributed by atoms with Gasteiger partial charge in [-0.3, -0.25) is 15.2 Å². The topological polar surface area (TPSA) is 100 Å². The molecule has 0 radical (unpaired) electrons. The molecule has 4 aromatic heterocycles. The Balaban J connectivity index is 1.51. The predicted molar refractivity (Wildman–Crippen MR) is 131 cm³/mol. The zero-order valence-corrected chi connectivity index (χ0v) is 19.3. The van der Waals surface area contributed by atoms with Crippen molar-refractivity contribution in [3.8, 4) is 22.6 Å². The van der Waals surface area contributed by atoms with Crippen LogP contribution in [-0.4, -0.2) is 45.6 Å². The second-order valence-electron chi connectivity index (χ2n) is 8.38. The van der Waals surface area contributed by atoms with Crippen LogP contribution >= 0.6 is 0 Å². The Morgan fingerprint density at radius 2 is 1.94 bits per heavy atom. The Kier molecular flexibility index (Phi) is 5.67. The number of amides is 2. The van der Waals surface area contributed by atoms with Crippen molar-refractivity contribution in [2.24, 2.45) is 0 Å². The Morgan fingerprint density at radius 3 is 2.74 bits per heavy atom. The molecule has 0 saturated carbocycles. The summed E-state index contributed by atoms with van der Waals surface area (Å²) in [6, 6.07) is 11.1. The summed E-state index contributed by atoms with van der Waals surface area (Å²) in [7, 11) is 2.02. The molecule has 4 aromatic rings. The molecule has 9 heteroatoms. The summed E-state index contributed by atoms with van der Waals surface area (Å²) in [4.78, 5) is 34.9. The zero-order valence-electron chi connectivity index (χ0n) is 19.3. The standard InChI is InChI=1S/C25H25N7O2/c1-16-12-18(6-9-27-16)20-4-5-21-24(29-20)32(17(2)8-11-31(21)3)25(33)30-23-13-19(7-10-28-23)22-14-26-15-34-22/h4-7,9-10,12-15,17H,8,11H2,1-3H3,(H,28,30,33)/t17-/m1/s1. The van der Waals surface area contributed by atoms with Crippen LogP contribution < -0.4 is 15.1 Å². The maximum atomic E-state index is 13.6. The lowest BCUT2D eigenvalue weighted by molar-refractivity contribution is 0.255. The number of carbonyl (C=O) groups is 1. The van der Waals surface area contributed by atoms with Crippen molar-refractivity contribution >= 4 is 23.4 Å². The molecule has 0 unspecified atom stereocenters. The third kappa shape index (κ3) is 4.19. The number of rotatable bonds is 3. The number of carbonyl (C=O) groups excluding carboxylic acids is 1. The average molecular weight is 456 g/mol. The molecule has 172 valence electrons. The van der Waals surface area contributed by atoms with Crippen molar-refractivity contribution in [2.75, 3.05) is 28.7 Å². The molecule has 0 bridgehead atoms. The van der Waals surface area contributed by atoms with Crippen molar-refractivity contribution in [1.29, 1.82) is 0 Å². The molecule has 5 heterocycles. The molecule has 1 aliphatic heterocycles. The van der Waals surface area contributed by atoms with Crippen LogP contribution in [0.5, 0.6) is 0 Å². The number of aryl methyl sites for hydroxylation is 1. The lowest BCUT2D eigenvalue weighted by Crippen LogP contribution is -2.42. The lowest BCUT2D eigenvalue weighted by atomic mass is 10.1. The van der Waals surface area contributed by atoms with E-state index in [-0.39, 0.29) is 12.1 Å². The number of oxazole rings is 1. The normalized spacial score (nSPS) is 15.6. The van der Waals surface area contributed by atoms with Gasteiger partial charge in [0.1, 0.15) is 5.82 Å². The minimum atomic E-state index is -0.290. The van der Waals surface area contributed by atoms with Crippen LogP contribution in [0.25, 0.3) is 22.6 Å². The summed E-state index contributed by atoms with van der Waals surface area (Å²) in [6.45, 7) is 4.79. The fraction of sp³-hybridized carbons (Fsp3) is 0.240. The maximum absolute atomic E-state index is 13.6. The molecular weight excluding hydrogens is 430 g/mol. The van der Waals surface area contributed by atoms with Gasteiger partial charge >= 0.3 is 6.03 Å². The highest BCUT2D eigenvalue weighted by atomic mass is 16.3. The van der Waals surface area contributed by atoms with E-state index in [0.717, 1.165) is 41.2 Å². The van der Waals surface area contributed by atoms with E-state index in [4.69, 9.17) is 9.40 Å². The van der Waals surface area contributed by atoms with Gasteiger partial charge in [0.2, 0.25) is 0 Å².